The number of hydrogen-bond donors (Lipinski definition) is 0. The summed E-state index contributed by atoms with van der Waals surface area (Å²) in [6, 6.07) is 6.06. The standard InChI is InChI=1S/C25H35ClF3N3O3/c1-18(25(27,28)29)35-22(33)31-9-7-24(8-10-31)16-23(2,3)32(17-24)15-19-5-4-6-20(26)21(19)30-11-13-34-14-12-30/h4-6,18H,7-17H2,1-3H3. The van der Waals surface area contributed by atoms with Crippen LogP contribution in [-0.4, -0.2) is 79.6 Å². The molecular formula is C25H35ClF3N3O3. The van der Waals surface area contributed by atoms with Crippen LogP contribution in [0.3, 0.4) is 0 Å². The normalized spacial score (nSPS) is 23.5. The number of rotatable bonds is 4. The van der Waals surface area contributed by atoms with Crippen LogP contribution in [0.25, 0.3) is 0 Å². The number of likely N-dealkylation sites (tertiary alicyclic amines) is 2. The van der Waals surface area contributed by atoms with E-state index in [1.165, 1.54) is 10.5 Å². The van der Waals surface area contributed by atoms with E-state index in [1.54, 1.807) is 0 Å². The van der Waals surface area contributed by atoms with E-state index in [1.807, 2.05) is 12.1 Å². The number of halogens is 4. The third-order valence-corrected chi connectivity index (χ3v) is 8.07. The summed E-state index contributed by atoms with van der Waals surface area (Å²) >= 11 is 6.65. The molecule has 4 rings (SSSR count). The number of morpholine rings is 1. The lowest BCUT2D eigenvalue weighted by Crippen LogP contribution is -2.46. The van der Waals surface area contributed by atoms with Gasteiger partial charge in [-0.15, -0.1) is 0 Å². The minimum atomic E-state index is -4.55. The zero-order valence-corrected chi connectivity index (χ0v) is 21.4. The van der Waals surface area contributed by atoms with Gasteiger partial charge in [-0.25, -0.2) is 4.79 Å². The summed E-state index contributed by atoms with van der Waals surface area (Å²) in [5, 5.41) is 0.746. The Morgan fingerprint density at radius 2 is 1.83 bits per heavy atom. The summed E-state index contributed by atoms with van der Waals surface area (Å²) in [6.07, 6.45) is -5.08. The van der Waals surface area contributed by atoms with Crippen molar-refractivity contribution in [2.45, 2.75) is 64.4 Å². The van der Waals surface area contributed by atoms with Crippen LogP contribution in [0.4, 0.5) is 23.7 Å². The van der Waals surface area contributed by atoms with E-state index in [2.05, 4.69) is 34.5 Å². The minimum Gasteiger partial charge on any atom is -0.437 e. The zero-order valence-electron chi connectivity index (χ0n) is 20.7. The lowest BCUT2D eigenvalue weighted by Gasteiger charge is -2.39. The fourth-order valence-electron chi connectivity index (χ4n) is 5.80. The van der Waals surface area contributed by atoms with Crippen molar-refractivity contribution in [2.24, 2.45) is 5.41 Å². The summed E-state index contributed by atoms with van der Waals surface area (Å²) in [5.74, 6) is 0. The van der Waals surface area contributed by atoms with Crippen LogP contribution in [0.5, 0.6) is 0 Å². The molecule has 3 aliphatic heterocycles. The Balaban J connectivity index is 1.42. The van der Waals surface area contributed by atoms with Gasteiger partial charge in [0.25, 0.3) is 0 Å². The molecule has 0 aliphatic carbocycles. The topological polar surface area (TPSA) is 45.2 Å². The van der Waals surface area contributed by atoms with Crippen molar-refractivity contribution in [2.75, 3.05) is 50.8 Å². The Hall–Kier alpha value is -1.71. The van der Waals surface area contributed by atoms with Gasteiger partial charge in [0.2, 0.25) is 0 Å². The number of ether oxygens (including phenoxy) is 2. The maximum absolute atomic E-state index is 12.8. The summed E-state index contributed by atoms with van der Waals surface area (Å²) in [4.78, 5) is 18.5. The molecule has 1 spiro atoms. The molecule has 0 aromatic heterocycles. The van der Waals surface area contributed by atoms with Gasteiger partial charge in [-0.3, -0.25) is 4.90 Å². The number of benzene rings is 1. The highest BCUT2D eigenvalue weighted by Gasteiger charge is 2.50. The predicted molar refractivity (Wildman–Crippen MR) is 129 cm³/mol. The second-order valence-electron chi connectivity index (χ2n) is 10.7. The number of anilines is 1. The fourth-order valence-corrected chi connectivity index (χ4v) is 6.11. The van der Waals surface area contributed by atoms with E-state index in [9.17, 15) is 18.0 Å². The van der Waals surface area contributed by atoms with Crippen LogP contribution in [0.1, 0.15) is 45.6 Å². The van der Waals surface area contributed by atoms with E-state index in [0.717, 1.165) is 63.1 Å². The Morgan fingerprint density at radius 1 is 1.17 bits per heavy atom. The number of carbonyl (C=O) groups is 1. The quantitative estimate of drug-likeness (QED) is 0.540. The fraction of sp³-hybridized carbons (Fsp3) is 0.720. The smallest absolute Gasteiger partial charge is 0.425 e. The molecule has 10 heteroatoms. The summed E-state index contributed by atoms with van der Waals surface area (Å²) in [5.41, 5.74) is 2.23. The van der Waals surface area contributed by atoms with Crippen molar-refractivity contribution < 1.29 is 27.4 Å². The second kappa shape index (κ2) is 9.98. The summed E-state index contributed by atoms with van der Waals surface area (Å²) < 4.78 is 48.5. The maximum atomic E-state index is 12.8. The van der Waals surface area contributed by atoms with Crippen LogP contribution in [0.15, 0.2) is 18.2 Å². The Morgan fingerprint density at radius 3 is 2.46 bits per heavy atom. The molecule has 0 N–H and O–H groups in total. The van der Waals surface area contributed by atoms with Crippen molar-refractivity contribution in [3.05, 3.63) is 28.8 Å². The lowest BCUT2D eigenvalue weighted by atomic mass is 9.74. The van der Waals surface area contributed by atoms with E-state index >= 15 is 0 Å². The highest BCUT2D eigenvalue weighted by atomic mass is 35.5. The van der Waals surface area contributed by atoms with Gasteiger partial charge in [0.15, 0.2) is 6.10 Å². The zero-order chi connectivity index (χ0) is 25.4. The highest BCUT2D eigenvalue weighted by Crippen LogP contribution is 2.49. The molecule has 6 nitrogen and oxygen atoms in total. The summed E-state index contributed by atoms with van der Waals surface area (Å²) in [7, 11) is 0. The number of carbonyl (C=O) groups excluding carboxylic acids is 1. The Labute approximate surface area is 210 Å². The van der Waals surface area contributed by atoms with Crippen LogP contribution in [0.2, 0.25) is 5.02 Å². The Kier molecular flexibility index (Phi) is 7.51. The first-order chi connectivity index (χ1) is 16.4. The van der Waals surface area contributed by atoms with Crippen molar-refractivity contribution >= 4 is 23.4 Å². The Bertz CT molecular complexity index is 913. The van der Waals surface area contributed by atoms with Crippen molar-refractivity contribution in [3.63, 3.8) is 0 Å². The highest BCUT2D eigenvalue weighted by molar-refractivity contribution is 6.33. The molecular weight excluding hydrogens is 483 g/mol. The number of alkyl halides is 3. The second-order valence-corrected chi connectivity index (χ2v) is 11.2. The third kappa shape index (κ3) is 5.83. The molecule has 35 heavy (non-hydrogen) atoms. The molecule has 0 radical (unpaired) electrons. The number of nitrogens with zero attached hydrogens (tertiary/aromatic N) is 3. The molecule has 0 saturated carbocycles. The molecule has 1 atom stereocenters. The lowest BCUT2D eigenvalue weighted by molar-refractivity contribution is -0.200. The van der Waals surface area contributed by atoms with Gasteiger partial charge in [-0.1, -0.05) is 23.7 Å². The SMILES string of the molecule is CC(OC(=O)N1CCC2(CC1)CN(Cc1cccc(Cl)c1N1CCOCC1)C(C)(C)C2)C(F)(F)F. The molecule has 1 aromatic carbocycles. The van der Waals surface area contributed by atoms with E-state index in [-0.39, 0.29) is 11.0 Å². The largest absolute Gasteiger partial charge is 0.437 e. The third-order valence-electron chi connectivity index (χ3n) is 7.77. The van der Waals surface area contributed by atoms with Crippen molar-refractivity contribution in [1.29, 1.82) is 0 Å². The van der Waals surface area contributed by atoms with Gasteiger partial charge in [0.05, 0.1) is 23.9 Å². The number of piperidine rings is 1. The van der Waals surface area contributed by atoms with E-state index in [0.29, 0.717) is 26.3 Å². The maximum Gasteiger partial charge on any atom is 0.425 e. The minimum absolute atomic E-state index is 0.0215. The molecule has 3 fully saturated rings. The molecule has 3 heterocycles. The van der Waals surface area contributed by atoms with Crippen LogP contribution in [-0.2, 0) is 16.0 Å². The number of amides is 1. The first-order valence-corrected chi connectivity index (χ1v) is 12.7. The molecule has 1 unspecified atom stereocenters. The molecule has 1 aromatic rings. The first kappa shape index (κ1) is 26.4. The molecule has 0 bridgehead atoms. The van der Waals surface area contributed by atoms with Gasteiger partial charge in [-0.2, -0.15) is 13.2 Å². The van der Waals surface area contributed by atoms with Crippen molar-refractivity contribution in [3.8, 4) is 0 Å². The van der Waals surface area contributed by atoms with Crippen LogP contribution >= 0.6 is 11.6 Å². The van der Waals surface area contributed by atoms with E-state index < -0.39 is 18.4 Å². The average Bonchev–Trinajstić information content (AvgIpc) is 3.03. The van der Waals surface area contributed by atoms with Gasteiger partial charge < -0.3 is 19.3 Å². The van der Waals surface area contributed by atoms with Crippen LogP contribution < -0.4 is 4.90 Å². The first-order valence-electron chi connectivity index (χ1n) is 12.3. The summed E-state index contributed by atoms with van der Waals surface area (Å²) in [6.45, 7) is 10.8. The average molecular weight is 518 g/mol. The number of hydrogen-bond acceptors (Lipinski definition) is 5. The molecule has 3 saturated heterocycles. The molecule has 3 aliphatic rings. The van der Waals surface area contributed by atoms with Gasteiger partial charge >= 0.3 is 12.3 Å². The van der Waals surface area contributed by atoms with Gasteiger partial charge in [-0.05, 0) is 57.1 Å². The van der Waals surface area contributed by atoms with Gasteiger partial charge in [0.1, 0.15) is 0 Å². The van der Waals surface area contributed by atoms with E-state index in [4.69, 9.17) is 16.3 Å². The predicted octanol–water partition coefficient (Wildman–Crippen LogP) is 5.33. The molecule has 196 valence electrons. The number of para-hydroxylation sites is 1. The van der Waals surface area contributed by atoms with Crippen LogP contribution in [0, 0.1) is 5.41 Å². The van der Waals surface area contributed by atoms with Crippen molar-refractivity contribution in [1.82, 2.24) is 9.80 Å². The monoisotopic (exact) mass is 517 g/mol. The van der Waals surface area contributed by atoms with Gasteiger partial charge in [0, 0.05) is 44.8 Å². The molecule has 1 amide bonds.